The zero-order chi connectivity index (χ0) is 56.6. The number of hydrogen-bond acceptors (Lipinski definition) is 12. The lowest BCUT2D eigenvalue weighted by Gasteiger charge is -2.26. The van der Waals surface area contributed by atoms with E-state index in [1.807, 2.05) is 24.3 Å². The minimum atomic E-state index is -1.35. The molecule has 3 aromatic carbocycles. The zero-order valence-corrected chi connectivity index (χ0v) is 44.0. The highest BCUT2D eigenvalue weighted by molar-refractivity contribution is 5.97. The predicted octanol–water partition coefficient (Wildman–Crippen LogP) is -1.16. The summed E-state index contributed by atoms with van der Waals surface area (Å²) in [5, 5.41) is 19.7. The van der Waals surface area contributed by atoms with Crippen LogP contribution in [0, 0.1) is 5.92 Å². The number of rotatable bonds is 32. The van der Waals surface area contributed by atoms with Gasteiger partial charge in [-0.15, -0.1) is 0 Å². The van der Waals surface area contributed by atoms with Gasteiger partial charge in [0, 0.05) is 61.2 Å². The number of carbonyl (C=O) groups excluding carboxylic acids is 8. The summed E-state index contributed by atoms with van der Waals surface area (Å²) in [7, 11) is 0. The van der Waals surface area contributed by atoms with Crippen molar-refractivity contribution >= 4 is 64.1 Å². The number of nitrogens with one attached hydrogen (secondary N) is 9. The van der Waals surface area contributed by atoms with Crippen LogP contribution in [0.4, 0.5) is 0 Å². The Morgan fingerprint density at radius 3 is 1.71 bits per heavy atom. The van der Waals surface area contributed by atoms with E-state index in [4.69, 9.17) is 28.7 Å². The first-order chi connectivity index (χ1) is 37.4. The highest BCUT2D eigenvalue weighted by atomic mass is 16.2. The molecule has 8 amide bonds. The number of fused-ring (bicyclic) bond motifs is 1. The van der Waals surface area contributed by atoms with E-state index in [2.05, 4.69) is 57.2 Å². The first kappa shape index (κ1) is 60.2. The zero-order valence-electron chi connectivity index (χ0n) is 44.0. The Morgan fingerprint density at radius 2 is 1.13 bits per heavy atom. The molecule has 0 aliphatic rings. The monoisotopic (exact) mass is 1070 g/mol. The summed E-state index contributed by atoms with van der Waals surface area (Å²) < 4.78 is 0. The third-order valence-corrected chi connectivity index (χ3v) is 12.8. The topological polar surface area (TPSA) is 408 Å². The first-order valence-corrected chi connectivity index (χ1v) is 25.9. The summed E-state index contributed by atoms with van der Waals surface area (Å²) in [6.45, 7) is 3.17. The summed E-state index contributed by atoms with van der Waals surface area (Å²) >= 11 is 0. The Labute approximate surface area is 452 Å². The molecular formula is C54H74N16O8. The van der Waals surface area contributed by atoms with Gasteiger partial charge in [-0.1, -0.05) is 92.7 Å². The highest BCUT2D eigenvalue weighted by Gasteiger charge is 2.33. The number of benzene rings is 3. The van der Waals surface area contributed by atoms with E-state index in [1.54, 1.807) is 80.7 Å². The molecule has 0 radical (unpaired) electrons. The fraction of sp³-hybridized carbons (Fsp3) is 0.407. The van der Waals surface area contributed by atoms with Crippen LogP contribution >= 0.6 is 0 Å². The second-order valence-electron chi connectivity index (χ2n) is 19.3. The van der Waals surface area contributed by atoms with E-state index in [1.165, 1.54) is 12.5 Å². The Hall–Kier alpha value is -8.64. The Kier molecular flexibility index (Phi) is 23.8. The average molecular weight is 1080 g/mol. The lowest BCUT2D eigenvalue weighted by Crippen LogP contribution is -2.59. The number of guanidine groups is 1. The third kappa shape index (κ3) is 19.5. The Bertz CT molecular complexity index is 2790. The van der Waals surface area contributed by atoms with Gasteiger partial charge in [-0.25, -0.2) is 4.98 Å². The number of imidazole rings is 1. The second kappa shape index (κ2) is 30.8. The van der Waals surface area contributed by atoms with Crippen molar-refractivity contribution < 1.29 is 38.4 Å². The number of unbranched alkanes of at least 4 members (excludes halogenated alkanes) is 1. The molecule has 24 nitrogen and oxygen atoms in total. The van der Waals surface area contributed by atoms with Crippen molar-refractivity contribution in [2.75, 3.05) is 19.6 Å². The van der Waals surface area contributed by atoms with E-state index in [-0.39, 0.29) is 63.4 Å². The van der Waals surface area contributed by atoms with E-state index in [9.17, 15) is 38.4 Å². The molecule has 0 fully saturated rings. The van der Waals surface area contributed by atoms with E-state index < -0.39 is 96.1 Å². The van der Waals surface area contributed by atoms with Crippen LogP contribution in [0.25, 0.3) is 10.9 Å². The van der Waals surface area contributed by atoms with Gasteiger partial charge in [-0.3, -0.25) is 43.3 Å². The number of nitrogens with zero attached hydrogens (tertiary/aromatic N) is 2. The maximum atomic E-state index is 14.6. The van der Waals surface area contributed by atoms with Crippen molar-refractivity contribution in [3.05, 3.63) is 126 Å². The van der Waals surface area contributed by atoms with Gasteiger partial charge in [-0.2, -0.15) is 0 Å². The van der Waals surface area contributed by atoms with Crippen molar-refractivity contribution in [1.82, 2.24) is 52.2 Å². The Balaban J connectivity index is 1.36. The lowest BCUT2D eigenvalue weighted by molar-refractivity contribution is -0.134. The van der Waals surface area contributed by atoms with Crippen LogP contribution in [-0.2, 0) is 64.0 Å². The number of para-hydroxylation sites is 1. The van der Waals surface area contributed by atoms with Crippen LogP contribution < -0.4 is 65.9 Å². The molecule has 0 bridgehead atoms. The van der Waals surface area contributed by atoms with Crippen LogP contribution in [-0.4, -0.2) is 130 Å². The molecule has 6 unspecified atom stereocenters. The molecule has 5 aromatic rings. The van der Waals surface area contributed by atoms with Gasteiger partial charge in [0.25, 0.3) is 0 Å². The van der Waals surface area contributed by atoms with Crippen molar-refractivity contribution in [3.63, 3.8) is 0 Å². The van der Waals surface area contributed by atoms with Crippen LogP contribution in [0.15, 0.2) is 109 Å². The van der Waals surface area contributed by atoms with Gasteiger partial charge in [0.1, 0.15) is 36.3 Å². The molecule has 0 saturated heterocycles. The third-order valence-electron chi connectivity index (χ3n) is 12.8. The molecule has 0 aliphatic carbocycles. The molecule has 78 heavy (non-hydrogen) atoms. The largest absolute Gasteiger partial charge is 0.370 e. The number of nitrogens with two attached hydrogens (primary N) is 5. The minimum absolute atomic E-state index is 0.0194. The molecule has 418 valence electrons. The quantitative estimate of drug-likeness (QED) is 0.0138. The molecular weight excluding hydrogens is 1000 g/mol. The molecule has 7 atom stereocenters. The summed E-state index contributed by atoms with van der Waals surface area (Å²) in [6.07, 6.45) is 5.97. The fourth-order valence-electron chi connectivity index (χ4n) is 8.56. The van der Waals surface area contributed by atoms with Crippen LogP contribution in [0.2, 0.25) is 0 Å². The average Bonchev–Trinajstić information content (AvgIpc) is 4.10. The smallest absolute Gasteiger partial charge is 0.243 e. The highest BCUT2D eigenvalue weighted by Crippen LogP contribution is 2.20. The second-order valence-corrected chi connectivity index (χ2v) is 19.3. The molecule has 0 aliphatic heterocycles. The van der Waals surface area contributed by atoms with Crippen LogP contribution in [0.1, 0.15) is 68.3 Å². The van der Waals surface area contributed by atoms with Gasteiger partial charge in [0.2, 0.25) is 47.3 Å². The van der Waals surface area contributed by atoms with Gasteiger partial charge < -0.3 is 75.9 Å². The molecule has 24 heteroatoms. The number of primary amides is 1. The summed E-state index contributed by atoms with van der Waals surface area (Å²) in [6, 6.07) is 16.8. The molecule has 2 heterocycles. The first-order valence-electron chi connectivity index (χ1n) is 25.9. The van der Waals surface area contributed by atoms with Crippen molar-refractivity contribution in [2.45, 2.75) is 114 Å². The number of carbonyl (C=O) groups is 8. The van der Waals surface area contributed by atoms with E-state index >= 15 is 0 Å². The molecule has 2 aromatic heterocycles. The van der Waals surface area contributed by atoms with E-state index in [0.29, 0.717) is 41.8 Å². The number of H-pyrrole nitrogens is 2. The normalized spacial score (nSPS) is 13.8. The number of aromatic nitrogens is 3. The molecule has 0 spiro atoms. The molecule has 5 rings (SSSR count). The summed E-state index contributed by atoms with van der Waals surface area (Å²) in [4.78, 5) is 125. The summed E-state index contributed by atoms with van der Waals surface area (Å²) in [5.41, 5.74) is 32.2. The summed E-state index contributed by atoms with van der Waals surface area (Å²) in [5.74, 6) is -6.35. The Morgan fingerprint density at radius 1 is 0.590 bits per heavy atom. The SMILES string of the molecule is CC(C)C(NC(=O)[C@@H](Cc1ccccc1)NC(=O)C(CCCCN)NC(=O)CNC(=O)C(Cc1c[nH]c2ccccc12)NC(=O)C(CCCN=C(N)N)NC(=O)C(Cc1ccccc1)NC(=O)C(N)Cc1cnc[nH]1)C(N)=O. The number of aromatic amines is 2. The van der Waals surface area contributed by atoms with Crippen molar-refractivity contribution in [2.24, 2.45) is 39.6 Å². The molecule has 19 N–H and O–H groups in total. The van der Waals surface area contributed by atoms with Crippen LogP contribution in [0.5, 0.6) is 0 Å². The standard InChI is InChI=1S/C54H74N16O8/c1-32(2)46(47(57)72)70-53(78)43(25-34-16-7-4-8-17-34)68-50(75)40(20-11-12-22-55)65-45(71)30-63-49(74)44(26-35-28-62-39-19-10-9-18-37(35)39)69-51(76)41(21-13-23-61-54(58)59)66-52(77)42(24-33-14-5-3-6-15-33)67-48(73)38(56)27-36-29-60-31-64-36/h3-10,14-19,28-29,31-32,38,40-44,46,62H,11-13,20-27,30,55-56H2,1-2H3,(H2,57,72)(H,60,64)(H,63,74)(H,65,71)(H,66,77)(H,67,73)(H,68,75)(H,69,76)(H,70,78)(H4,58,59,61)/t38?,40?,41?,42?,43-,44?,46?/m1/s1. The van der Waals surface area contributed by atoms with Gasteiger partial charge in [-0.05, 0) is 67.3 Å². The minimum Gasteiger partial charge on any atom is -0.370 e. The van der Waals surface area contributed by atoms with Gasteiger partial charge >= 0.3 is 0 Å². The van der Waals surface area contributed by atoms with Crippen LogP contribution in [0.3, 0.4) is 0 Å². The van der Waals surface area contributed by atoms with Gasteiger partial charge in [0.05, 0.1) is 18.9 Å². The maximum absolute atomic E-state index is 14.6. The fourth-order valence-corrected chi connectivity index (χ4v) is 8.56. The maximum Gasteiger partial charge on any atom is 0.243 e. The van der Waals surface area contributed by atoms with E-state index in [0.717, 1.165) is 10.9 Å². The lowest BCUT2D eigenvalue weighted by atomic mass is 10.0. The number of hydrogen-bond donors (Lipinski definition) is 14. The number of amides is 8. The predicted molar refractivity (Wildman–Crippen MR) is 294 cm³/mol. The van der Waals surface area contributed by atoms with Crippen molar-refractivity contribution in [3.8, 4) is 0 Å². The number of aliphatic imine (C=N–C) groups is 1. The van der Waals surface area contributed by atoms with Gasteiger partial charge in [0.15, 0.2) is 5.96 Å². The van der Waals surface area contributed by atoms with Crippen molar-refractivity contribution in [1.29, 1.82) is 0 Å². The molecule has 0 saturated carbocycles.